The van der Waals surface area contributed by atoms with Crippen LogP contribution in [0.3, 0.4) is 0 Å². The first-order valence-corrected chi connectivity index (χ1v) is 9.58. The van der Waals surface area contributed by atoms with Gasteiger partial charge in [-0.1, -0.05) is 82.9 Å². The molecule has 0 heterocycles. The van der Waals surface area contributed by atoms with E-state index in [1.807, 2.05) is 30.3 Å². The van der Waals surface area contributed by atoms with E-state index >= 15 is 0 Å². The van der Waals surface area contributed by atoms with Gasteiger partial charge in [-0.3, -0.25) is 10.9 Å². The molecule has 0 aliphatic rings. The second-order valence-electron chi connectivity index (χ2n) is 6.05. The summed E-state index contributed by atoms with van der Waals surface area (Å²) in [5, 5.41) is 3.89. The molecule has 0 aromatic heterocycles. The molecule has 1 aromatic rings. The van der Waals surface area contributed by atoms with Crippen LogP contribution in [0.2, 0.25) is 0 Å². The van der Waals surface area contributed by atoms with E-state index < -0.39 is 0 Å². The first kappa shape index (κ1) is 19.8. The Morgan fingerprint density at radius 1 is 0.826 bits per heavy atom. The minimum absolute atomic E-state index is 0.657. The number of unbranched alkanes of at least 4 members (excludes halogenated alkanes) is 9. The van der Waals surface area contributed by atoms with Crippen LogP contribution >= 0.6 is 12.2 Å². The summed E-state index contributed by atoms with van der Waals surface area (Å²) in [6.07, 6.45) is 13.6. The Labute approximate surface area is 147 Å². The lowest BCUT2D eigenvalue weighted by molar-refractivity contribution is 0.554. The Kier molecular flexibility index (Phi) is 12.3. The summed E-state index contributed by atoms with van der Waals surface area (Å²) in [5.74, 6) is 0. The molecule has 0 amide bonds. The molecule has 0 radical (unpaired) electrons. The molecule has 1 rings (SSSR count). The van der Waals surface area contributed by atoms with E-state index in [1.165, 1.54) is 64.2 Å². The van der Waals surface area contributed by atoms with Crippen molar-refractivity contribution in [2.75, 3.05) is 12.0 Å². The fourth-order valence-corrected chi connectivity index (χ4v) is 2.66. The quantitative estimate of drug-likeness (QED) is 0.256. The molecule has 4 heteroatoms. The summed E-state index contributed by atoms with van der Waals surface area (Å²) in [6.45, 7) is 3.21. The van der Waals surface area contributed by atoms with Gasteiger partial charge in [0.05, 0.1) is 5.69 Å². The van der Waals surface area contributed by atoms with Crippen LogP contribution in [-0.4, -0.2) is 11.7 Å². The lowest BCUT2D eigenvalue weighted by atomic mass is 10.1. The van der Waals surface area contributed by atoms with Crippen molar-refractivity contribution >= 4 is 23.0 Å². The van der Waals surface area contributed by atoms with Gasteiger partial charge in [-0.15, -0.1) is 0 Å². The zero-order valence-corrected chi connectivity index (χ0v) is 15.4. The van der Waals surface area contributed by atoms with Crippen molar-refractivity contribution in [1.29, 1.82) is 0 Å². The number of rotatable bonds is 13. The highest BCUT2D eigenvalue weighted by molar-refractivity contribution is 7.80. The van der Waals surface area contributed by atoms with Crippen molar-refractivity contribution in [2.45, 2.75) is 71.1 Å². The zero-order chi connectivity index (χ0) is 16.6. The van der Waals surface area contributed by atoms with Gasteiger partial charge in [0, 0.05) is 6.54 Å². The topological polar surface area (TPSA) is 36.1 Å². The van der Waals surface area contributed by atoms with E-state index in [4.69, 9.17) is 12.2 Å². The first-order valence-electron chi connectivity index (χ1n) is 9.18. The molecule has 0 saturated carbocycles. The van der Waals surface area contributed by atoms with Crippen molar-refractivity contribution in [3.05, 3.63) is 30.3 Å². The van der Waals surface area contributed by atoms with Gasteiger partial charge in [-0.2, -0.15) is 0 Å². The molecule has 0 atom stereocenters. The first-order chi connectivity index (χ1) is 11.3. The van der Waals surface area contributed by atoms with Crippen molar-refractivity contribution in [2.24, 2.45) is 0 Å². The highest BCUT2D eigenvalue weighted by Gasteiger charge is 1.96. The molecule has 130 valence electrons. The summed E-state index contributed by atoms with van der Waals surface area (Å²) in [6, 6.07) is 9.97. The smallest absolute Gasteiger partial charge is 0.185 e. The van der Waals surface area contributed by atoms with Crippen LogP contribution in [0, 0.1) is 0 Å². The van der Waals surface area contributed by atoms with Crippen LogP contribution in [0.25, 0.3) is 0 Å². The number of anilines is 1. The maximum absolute atomic E-state index is 5.24. The Morgan fingerprint density at radius 3 is 2.00 bits per heavy atom. The summed E-state index contributed by atoms with van der Waals surface area (Å²) in [5.41, 5.74) is 7.09. The van der Waals surface area contributed by atoms with Gasteiger partial charge in [0.15, 0.2) is 5.11 Å². The van der Waals surface area contributed by atoms with Crippen LogP contribution in [0.15, 0.2) is 30.3 Å². The van der Waals surface area contributed by atoms with Crippen molar-refractivity contribution < 1.29 is 0 Å². The summed E-state index contributed by atoms with van der Waals surface area (Å²) in [4.78, 5) is 0. The predicted molar refractivity (Wildman–Crippen MR) is 106 cm³/mol. The highest BCUT2D eigenvalue weighted by Crippen LogP contribution is 2.10. The second-order valence-corrected chi connectivity index (χ2v) is 6.46. The number of thiocarbonyl (C=S) groups is 1. The zero-order valence-electron chi connectivity index (χ0n) is 14.6. The molecule has 0 saturated heterocycles. The minimum Gasteiger partial charge on any atom is -0.361 e. The number of para-hydroxylation sites is 1. The molecule has 3 N–H and O–H groups in total. The standard InChI is InChI=1S/C19H33N3S/c1-2-3-4-5-6-7-8-9-10-14-17-20-19(23)22-21-18-15-12-11-13-16-18/h11-13,15-16,21H,2-10,14,17H2,1H3,(H2,20,22,23). The van der Waals surface area contributed by atoms with E-state index in [1.54, 1.807) is 0 Å². The molecule has 1 aromatic carbocycles. The van der Waals surface area contributed by atoms with Crippen molar-refractivity contribution in [3.63, 3.8) is 0 Å². The third-order valence-corrected chi connectivity index (χ3v) is 4.16. The third kappa shape index (κ3) is 11.9. The SMILES string of the molecule is CCCCCCCCCCCCNC(=S)NNc1ccccc1. The number of hydrazine groups is 1. The van der Waals surface area contributed by atoms with Crippen LogP contribution < -0.4 is 16.2 Å². The molecule has 0 spiro atoms. The average Bonchev–Trinajstić information content (AvgIpc) is 2.59. The number of hydrogen-bond donors (Lipinski definition) is 3. The molecule has 0 unspecified atom stereocenters. The lowest BCUT2D eigenvalue weighted by Crippen LogP contribution is -2.39. The van der Waals surface area contributed by atoms with Crippen molar-refractivity contribution in [1.82, 2.24) is 10.7 Å². The molecular weight excluding hydrogens is 302 g/mol. The molecule has 0 aliphatic heterocycles. The highest BCUT2D eigenvalue weighted by atomic mass is 32.1. The Hall–Kier alpha value is -1.29. The van der Waals surface area contributed by atoms with E-state index in [0.29, 0.717) is 5.11 Å². The van der Waals surface area contributed by atoms with Gasteiger partial charge >= 0.3 is 0 Å². The van der Waals surface area contributed by atoms with E-state index in [2.05, 4.69) is 23.1 Å². The fraction of sp³-hybridized carbons (Fsp3) is 0.632. The fourth-order valence-electron chi connectivity index (χ4n) is 2.51. The van der Waals surface area contributed by atoms with Crippen LogP contribution in [-0.2, 0) is 0 Å². The molecule has 3 nitrogen and oxygen atoms in total. The maximum Gasteiger partial charge on any atom is 0.185 e. The normalized spacial score (nSPS) is 10.3. The predicted octanol–water partition coefficient (Wildman–Crippen LogP) is 5.40. The molecule has 23 heavy (non-hydrogen) atoms. The molecule has 0 aliphatic carbocycles. The maximum atomic E-state index is 5.24. The van der Waals surface area contributed by atoms with Gasteiger partial charge in [0.25, 0.3) is 0 Å². The lowest BCUT2D eigenvalue weighted by Gasteiger charge is -2.12. The van der Waals surface area contributed by atoms with E-state index in [-0.39, 0.29) is 0 Å². The number of hydrogen-bond acceptors (Lipinski definition) is 2. The van der Waals surface area contributed by atoms with Crippen LogP contribution in [0.5, 0.6) is 0 Å². The van der Waals surface area contributed by atoms with Crippen LogP contribution in [0.4, 0.5) is 5.69 Å². The summed E-state index contributed by atoms with van der Waals surface area (Å²) < 4.78 is 0. The summed E-state index contributed by atoms with van der Waals surface area (Å²) in [7, 11) is 0. The monoisotopic (exact) mass is 335 g/mol. The second kappa shape index (κ2) is 14.3. The summed E-state index contributed by atoms with van der Waals surface area (Å²) >= 11 is 5.24. The van der Waals surface area contributed by atoms with Gasteiger partial charge < -0.3 is 5.32 Å². The van der Waals surface area contributed by atoms with Gasteiger partial charge in [0.1, 0.15) is 0 Å². The molecular formula is C19H33N3S. The average molecular weight is 336 g/mol. The third-order valence-electron chi connectivity index (χ3n) is 3.91. The molecule has 0 bridgehead atoms. The molecule has 0 fully saturated rings. The largest absolute Gasteiger partial charge is 0.361 e. The van der Waals surface area contributed by atoms with E-state index in [0.717, 1.165) is 12.2 Å². The number of nitrogens with one attached hydrogen (secondary N) is 3. The van der Waals surface area contributed by atoms with Gasteiger partial charge in [0.2, 0.25) is 0 Å². The Balaban J connectivity index is 1.84. The van der Waals surface area contributed by atoms with E-state index in [9.17, 15) is 0 Å². The Morgan fingerprint density at radius 2 is 1.39 bits per heavy atom. The minimum atomic E-state index is 0.657. The van der Waals surface area contributed by atoms with Crippen LogP contribution in [0.1, 0.15) is 71.1 Å². The van der Waals surface area contributed by atoms with Gasteiger partial charge in [-0.05, 0) is 30.8 Å². The Bertz CT molecular complexity index is 395. The van der Waals surface area contributed by atoms with Gasteiger partial charge in [-0.25, -0.2) is 0 Å². The number of benzene rings is 1. The van der Waals surface area contributed by atoms with Crippen molar-refractivity contribution in [3.8, 4) is 0 Å².